The second kappa shape index (κ2) is 4.24. The van der Waals surface area contributed by atoms with Gasteiger partial charge >= 0.3 is 0 Å². The van der Waals surface area contributed by atoms with Gasteiger partial charge in [-0.3, -0.25) is 0 Å². The van der Waals surface area contributed by atoms with Gasteiger partial charge in [0.05, 0.1) is 12.9 Å². The quantitative estimate of drug-likeness (QED) is 0.833. The van der Waals surface area contributed by atoms with Crippen molar-refractivity contribution in [3.05, 3.63) is 23.5 Å². The summed E-state index contributed by atoms with van der Waals surface area (Å²) in [4.78, 5) is 0. The lowest BCUT2D eigenvalue weighted by molar-refractivity contribution is 0.368. The number of ether oxygens (including phenoxy) is 1. The van der Waals surface area contributed by atoms with Crippen LogP contribution in [0.2, 0.25) is 0 Å². The van der Waals surface area contributed by atoms with Gasteiger partial charge in [0.1, 0.15) is 5.82 Å². The number of benzene rings is 1. The number of rotatable bonds is 3. The van der Waals surface area contributed by atoms with Crippen molar-refractivity contribution in [1.29, 1.82) is 0 Å². The fourth-order valence-electron chi connectivity index (χ4n) is 1.06. The van der Waals surface area contributed by atoms with Gasteiger partial charge in [0.2, 0.25) is 9.05 Å². The van der Waals surface area contributed by atoms with Gasteiger partial charge in [-0.25, -0.2) is 12.8 Å². The average Bonchev–Trinajstić information content (AvgIpc) is 2.11. The van der Waals surface area contributed by atoms with Crippen molar-refractivity contribution < 1.29 is 22.7 Å². The lowest BCUT2D eigenvalue weighted by atomic mass is 10.2. The molecule has 1 rings (SSSR count). The molecule has 0 aliphatic heterocycles. The van der Waals surface area contributed by atoms with Gasteiger partial charge in [-0.05, 0) is 12.1 Å². The smallest absolute Gasteiger partial charge is 0.237 e. The summed E-state index contributed by atoms with van der Waals surface area (Å²) in [7, 11) is 2.30. The van der Waals surface area contributed by atoms with Crippen LogP contribution in [-0.2, 0) is 14.8 Å². The van der Waals surface area contributed by atoms with Crippen molar-refractivity contribution in [2.24, 2.45) is 0 Å². The van der Waals surface area contributed by atoms with E-state index in [0.717, 1.165) is 6.07 Å². The van der Waals surface area contributed by atoms with Gasteiger partial charge in [-0.15, -0.1) is 0 Å². The number of phenolic OH excluding ortho intramolecular Hbond substituents is 1. The molecule has 0 amide bonds. The predicted molar refractivity (Wildman–Crippen MR) is 53.1 cm³/mol. The molecule has 0 unspecified atom stereocenters. The SMILES string of the molecule is COc1ccc(F)c(CS(=O)(=O)Cl)c1O. The van der Waals surface area contributed by atoms with Crippen LogP contribution in [0.15, 0.2) is 12.1 Å². The molecule has 0 radical (unpaired) electrons. The average molecular weight is 255 g/mol. The molecule has 1 aromatic rings. The number of aromatic hydroxyl groups is 1. The number of hydrogen-bond donors (Lipinski definition) is 1. The molecule has 4 nitrogen and oxygen atoms in total. The lowest BCUT2D eigenvalue weighted by Gasteiger charge is -2.08. The van der Waals surface area contributed by atoms with E-state index in [2.05, 4.69) is 0 Å². The molecule has 0 heterocycles. The van der Waals surface area contributed by atoms with Crippen molar-refractivity contribution in [3.63, 3.8) is 0 Å². The predicted octanol–water partition coefficient (Wildman–Crippen LogP) is 1.61. The minimum atomic E-state index is -3.93. The van der Waals surface area contributed by atoms with Gasteiger partial charge in [-0.2, -0.15) is 0 Å². The second-order valence-electron chi connectivity index (χ2n) is 2.76. The summed E-state index contributed by atoms with van der Waals surface area (Å²) >= 11 is 0. The van der Waals surface area contributed by atoms with Crippen LogP contribution in [0.5, 0.6) is 11.5 Å². The molecule has 0 bridgehead atoms. The Kier molecular flexibility index (Phi) is 3.41. The van der Waals surface area contributed by atoms with Gasteiger partial charge in [0, 0.05) is 16.2 Å². The highest BCUT2D eigenvalue weighted by Gasteiger charge is 2.18. The lowest BCUT2D eigenvalue weighted by Crippen LogP contribution is -2.00. The van der Waals surface area contributed by atoms with Crippen LogP contribution in [0.3, 0.4) is 0 Å². The van der Waals surface area contributed by atoms with Crippen molar-refractivity contribution in [1.82, 2.24) is 0 Å². The summed E-state index contributed by atoms with van der Waals surface area (Å²) < 4.78 is 39.4. The first-order valence-electron chi connectivity index (χ1n) is 3.82. The third-order valence-electron chi connectivity index (χ3n) is 1.73. The van der Waals surface area contributed by atoms with E-state index in [4.69, 9.17) is 15.4 Å². The number of methoxy groups -OCH3 is 1. The van der Waals surface area contributed by atoms with E-state index in [-0.39, 0.29) is 5.75 Å². The molecule has 0 saturated carbocycles. The Bertz CT molecular complexity index is 472. The molecule has 84 valence electrons. The van der Waals surface area contributed by atoms with Gasteiger partial charge < -0.3 is 9.84 Å². The molecule has 0 fully saturated rings. The van der Waals surface area contributed by atoms with Crippen LogP contribution < -0.4 is 4.74 Å². The zero-order chi connectivity index (χ0) is 11.6. The minimum Gasteiger partial charge on any atom is -0.504 e. The van der Waals surface area contributed by atoms with Crippen molar-refractivity contribution in [3.8, 4) is 11.5 Å². The standard InChI is InChI=1S/C8H8ClFO4S/c1-14-7-3-2-6(10)5(8(7)11)4-15(9,12)13/h2-3,11H,4H2,1H3. The molecule has 0 aliphatic rings. The van der Waals surface area contributed by atoms with E-state index < -0.39 is 31.9 Å². The normalized spacial score (nSPS) is 11.4. The van der Waals surface area contributed by atoms with E-state index in [1.807, 2.05) is 0 Å². The summed E-state index contributed by atoms with van der Waals surface area (Å²) in [6.07, 6.45) is 0. The first kappa shape index (κ1) is 12.1. The molecule has 0 aliphatic carbocycles. The van der Waals surface area contributed by atoms with Crippen LogP contribution in [0.4, 0.5) is 4.39 Å². The van der Waals surface area contributed by atoms with Crippen LogP contribution >= 0.6 is 10.7 Å². The fourth-order valence-corrected chi connectivity index (χ4v) is 2.01. The minimum absolute atomic E-state index is 0.00767. The summed E-state index contributed by atoms with van der Waals surface area (Å²) in [6.45, 7) is 0. The highest BCUT2D eigenvalue weighted by Crippen LogP contribution is 2.33. The van der Waals surface area contributed by atoms with E-state index in [9.17, 15) is 17.9 Å². The summed E-state index contributed by atoms with van der Waals surface area (Å²) in [6, 6.07) is 2.19. The topological polar surface area (TPSA) is 63.6 Å². The third kappa shape index (κ3) is 2.97. The van der Waals surface area contributed by atoms with Gasteiger partial charge in [-0.1, -0.05) is 0 Å². The largest absolute Gasteiger partial charge is 0.504 e. The molecule has 7 heteroatoms. The fraction of sp³-hybridized carbons (Fsp3) is 0.250. The molecule has 1 aromatic carbocycles. The van der Waals surface area contributed by atoms with Crippen molar-refractivity contribution >= 4 is 19.7 Å². The van der Waals surface area contributed by atoms with Crippen molar-refractivity contribution in [2.75, 3.05) is 7.11 Å². The van der Waals surface area contributed by atoms with Crippen LogP contribution in [-0.4, -0.2) is 20.6 Å². The van der Waals surface area contributed by atoms with Gasteiger partial charge in [0.25, 0.3) is 0 Å². The Hall–Kier alpha value is -1.01. The highest BCUT2D eigenvalue weighted by atomic mass is 35.7. The Balaban J connectivity index is 3.27. The van der Waals surface area contributed by atoms with E-state index in [0.29, 0.717) is 0 Å². The van der Waals surface area contributed by atoms with Gasteiger partial charge in [0.15, 0.2) is 11.5 Å². The monoisotopic (exact) mass is 254 g/mol. The van der Waals surface area contributed by atoms with Crippen molar-refractivity contribution in [2.45, 2.75) is 5.75 Å². The Morgan fingerprint density at radius 2 is 2.13 bits per heavy atom. The Morgan fingerprint density at radius 3 is 2.60 bits per heavy atom. The number of halogens is 2. The maximum Gasteiger partial charge on any atom is 0.237 e. The first-order chi connectivity index (χ1) is 6.85. The van der Waals surface area contributed by atoms with Crippen LogP contribution in [0.25, 0.3) is 0 Å². The van der Waals surface area contributed by atoms with E-state index in [1.54, 1.807) is 0 Å². The first-order valence-corrected chi connectivity index (χ1v) is 6.29. The maximum atomic E-state index is 13.2. The molecule has 15 heavy (non-hydrogen) atoms. The number of hydrogen-bond acceptors (Lipinski definition) is 4. The Morgan fingerprint density at radius 1 is 1.53 bits per heavy atom. The van der Waals surface area contributed by atoms with E-state index in [1.165, 1.54) is 13.2 Å². The van der Waals surface area contributed by atoms with E-state index >= 15 is 0 Å². The molecule has 0 spiro atoms. The highest BCUT2D eigenvalue weighted by molar-refractivity contribution is 8.13. The second-order valence-corrected chi connectivity index (χ2v) is 5.54. The molecular weight excluding hydrogens is 247 g/mol. The summed E-state index contributed by atoms with van der Waals surface area (Å²) in [5, 5.41) is 9.44. The van der Waals surface area contributed by atoms with Crippen LogP contribution in [0, 0.1) is 5.82 Å². The molecular formula is C8H8ClFO4S. The molecule has 0 saturated heterocycles. The zero-order valence-corrected chi connectivity index (χ0v) is 9.27. The third-order valence-corrected chi connectivity index (χ3v) is 2.69. The molecule has 0 aromatic heterocycles. The van der Waals surface area contributed by atoms with Crippen LogP contribution in [0.1, 0.15) is 5.56 Å². The maximum absolute atomic E-state index is 13.2. The molecule has 0 atom stereocenters. The summed E-state index contributed by atoms with van der Waals surface area (Å²) in [5.41, 5.74) is -0.399. The molecule has 1 N–H and O–H groups in total. The number of phenols is 1. The Labute approximate surface area is 90.7 Å². The summed E-state index contributed by atoms with van der Waals surface area (Å²) in [5.74, 6) is -2.20. The zero-order valence-electron chi connectivity index (χ0n) is 7.70.